The molecule has 18 nitrogen and oxygen atoms in total. The fourth-order valence-electron chi connectivity index (χ4n) is 11.2. The first kappa shape index (κ1) is 57.1. The fraction of sp³-hybridized carbons (Fsp3) is 0.824. The number of esters is 1. The van der Waals surface area contributed by atoms with Gasteiger partial charge in [0.2, 0.25) is 0 Å². The average molecular weight is 979 g/mol. The van der Waals surface area contributed by atoms with Crippen LogP contribution in [0.15, 0.2) is 24.3 Å². The largest absolute Gasteiger partial charge is 0.459 e. The third-order valence-electron chi connectivity index (χ3n) is 15.7. The van der Waals surface area contributed by atoms with Crippen LogP contribution in [0.1, 0.15) is 120 Å². The summed E-state index contributed by atoms with van der Waals surface area (Å²) in [6.45, 7) is 20.3. The number of hydrogen-bond acceptors (Lipinski definition) is 16. The highest BCUT2D eigenvalue weighted by molar-refractivity contribution is 6.14. The molecule has 18 heteroatoms. The number of hydrazine groups is 1. The Bertz CT molecular complexity index is 1860. The molecule has 1 aromatic rings. The summed E-state index contributed by atoms with van der Waals surface area (Å²) in [5.74, 6) is -4.25. The lowest BCUT2D eigenvalue weighted by atomic mass is 9.77. The van der Waals surface area contributed by atoms with Crippen molar-refractivity contribution >= 4 is 23.5 Å². The predicted molar refractivity (Wildman–Crippen MR) is 257 cm³/mol. The molecule has 0 bridgehead atoms. The normalized spacial score (nSPS) is 42.5. The van der Waals surface area contributed by atoms with Gasteiger partial charge in [-0.2, -0.15) is 0 Å². The number of unbranched alkanes of at least 4 members (excludes halogenated alkanes) is 1. The maximum atomic E-state index is 14.5. The number of benzene rings is 1. The minimum absolute atomic E-state index is 0.0909. The van der Waals surface area contributed by atoms with Crippen LogP contribution in [0, 0.1) is 30.6 Å². The van der Waals surface area contributed by atoms with Gasteiger partial charge >= 0.3 is 5.97 Å². The molecule has 4 heterocycles. The molecule has 4 saturated heterocycles. The minimum atomic E-state index is -1.84. The van der Waals surface area contributed by atoms with Gasteiger partial charge in [-0.15, -0.1) is 0 Å². The highest BCUT2D eigenvalue weighted by Gasteiger charge is 2.53. The van der Waals surface area contributed by atoms with Crippen molar-refractivity contribution in [3.63, 3.8) is 0 Å². The van der Waals surface area contributed by atoms with E-state index in [4.69, 9.17) is 28.4 Å². The topological polar surface area (TPSA) is 229 Å². The van der Waals surface area contributed by atoms with Crippen molar-refractivity contribution in [1.29, 1.82) is 0 Å². The number of likely N-dealkylation sites (N-methyl/N-ethyl adjacent to an activating group) is 2. The number of ether oxygens (including phenoxy) is 6. The highest BCUT2D eigenvalue weighted by Crippen LogP contribution is 2.40. The molecule has 4 aliphatic heterocycles. The van der Waals surface area contributed by atoms with Gasteiger partial charge in [0.05, 0.1) is 47.2 Å². The molecule has 0 aliphatic carbocycles. The summed E-state index contributed by atoms with van der Waals surface area (Å²) in [5, 5.41) is 60.8. The Hall–Kier alpha value is -2.85. The Morgan fingerprint density at radius 1 is 0.913 bits per heavy atom. The van der Waals surface area contributed by atoms with Crippen LogP contribution >= 0.6 is 0 Å². The molecule has 2 unspecified atom stereocenters. The van der Waals surface area contributed by atoms with Crippen LogP contribution in [0.4, 0.5) is 5.69 Å². The molecule has 0 saturated carbocycles. The number of anilines is 1. The number of amides is 2. The van der Waals surface area contributed by atoms with E-state index in [0.29, 0.717) is 44.5 Å². The van der Waals surface area contributed by atoms with E-state index in [-0.39, 0.29) is 43.1 Å². The van der Waals surface area contributed by atoms with Crippen molar-refractivity contribution in [2.75, 3.05) is 39.3 Å². The van der Waals surface area contributed by atoms with Crippen LogP contribution in [0.5, 0.6) is 0 Å². The molecule has 4 aliphatic rings. The number of aryl methyl sites for hydroxylation is 1. The second-order valence-corrected chi connectivity index (χ2v) is 21.7. The molecule has 19 atom stereocenters. The summed E-state index contributed by atoms with van der Waals surface area (Å²) in [6, 6.07) is 6.35. The number of aliphatic hydroxyl groups excluding tert-OH is 3. The monoisotopic (exact) mass is 979 g/mol. The van der Waals surface area contributed by atoms with Crippen LogP contribution in [-0.4, -0.2) is 178 Å². The van der Waals surface area contributed by atoms with Crippen LogP contribution in [-0.2, 0) is 42.8 Å². The van der Waals surface area contributed by atoms with Crippen molar-refractivity contribution in [2.24, 2.45) is 23.7 Å². The standard InChI is InChI=1S/C51H86N4O14/c1-15-38-51(11,63)42(57)33(7)54(13)27-29(3)25-49(9,62)44(31(5)41(32(6)47(61)67-38)68-39-26-50(10,64-14)43(58)34(8)66-39)69-48-40(56)37(24-30(4)65-48)53(12)23-17-16-18-36-45(59)52-55(46(36)60)35-21-19-28(2)20-22-35/h19-22,29-34,36-44,48,56-58,62-63H,15-18,23-27H2,1-14H3,(H,52,59)/t29-,30-,31+,32-,33-,34+,36?,37?,38-,39+,40-,41+,42-,43+,44-,48+,49-,50-,51-/m1/s1. The van der Waals surface area contributed by atoms with E-state index in [1.165, 1.54) is 19.0 Å². The summed E-state index contributed by atoms with van der Waals surface area (Å²) in [5.41, 5.74) is -0.200. The Kier molecular flexibility index (Phi) is 19.3. The van der Waals surface area contributed by atoms with Crippen LogP contribution in [0.25, 0.3) is 0 Å². The van der Waals surface area contributed by atoms with E-state index >= 15 is 0 Å². The van der Waals surface area contributed by atoms with Gasteiger partial charge in [-0.25, -0.2) is 5.01 Å². The zero-order valence-electron chi connectivity index (χ0n) is 43.7. The van der Waals surface area contributed by atoms with Crippen molar-refractivity contribution < 1.29 is 68.3 Å². The van der Waals surface area contributed by atoms with E-state index in [9.17, 15) is 39.9 Å². The minimum Gasteiger partial charge on any atom is -0.459 e. The number of cyclic esters (lactones) is 1. The lowest BCUT2D eigenvalue weighted by Gasteiger charge is -2.49. The number of hydrogen-bond donors (Lipinski definition) is 6. The molecule has 69 heavy (non-hydrogen) atoms. The zero-order valence-corrected chi connectivity index (χ0v) is 43.7. The predicted octanol–water partition coefficient (Wildman–Crippen LogP) is 3.44. The fourth-order valence-corrected chi connectivity index (χ4v) is 11.2. The lowest BCUT2D eigenvalue weighted by Crippen LogP contribution is -2.60. The van der Waals surface area contributed by atoms with Crippen molar-refractivity contribution in [2.45, 2.75) is 211 Å². The van der Waals surface area contributed by atoms with Crippen LogP contribution in [0.2, 0.25) is 0 Å². The molecule has 0 spiro atoms. The Morgan fingerprint density at radius 3 is 2.19 bits per heavy atom. The van der Waals surface area contributed by atoms with Crippen molar-refractivity contribution in [3.8, 4) is 0 Å². The number of aliphatic hydroxyl groups is 5. The smallest absolute Gasteiger partial charge is 0.311 e. The second kappa shape index (κ2) is 23.4. The first-order valence-corrected chi connectivity index (χ1v) is 25.1. The molecule has 1 aromatic carbocycles. The average Bonchev–Trinajstić information content (AvgIpc) is 3.57. The molecule has 4 fully saturated rings. The first-order chi connectivity index (χ1) is 32.2. The van der Waals surface area contributed by atoms with E-state index < -0.39 is 108 Å². The number of nitrogens with zero attached hydrogens (tertiary/aromatic N) is 3. The maximum absolute atomic E-state index is 14.5. The highest BCUT2D eigenvalue weighted by atomic mass is 16.7. The Balaban J connectivity index is 1.41. The molecule has 0 aromatic heterocycles. The molecule has 2 amide bonds. The van der Waals surface area contributed by atoms with Gasteiger partial charge < -0.3 is 63.8 Å². The van der Waals surface area contributed by atoms with Gasteiger partial charge in [-0.3, -0.25) is 19.8 Å². The molecular weight excluding hydrogens is 893 g/mol. The quantitative estimate of drug-likeness (QED) is 0.0945. The van der Waals surface area contributed by atoms with E-state index in [1.807, 2.05) is 56.8 Å². The SMILES string of the molecule is CC[C@H]1OC(=O)[C@H](C)[C@@H](O[C@H]2C[C@@](C)(OC)[C@@H](O)[C@H](C)O2)[C@H](C)[C@@H](O[C@@H]2O[C@H](C)CC(N(C)CCCCC3C(=O)NN(c4ccc(C)cc4)C3=O)[C@H]2O)[C@](C)(O)C[C@@H](C)CN(C)[C@H](C)[C@@H](O)[C@]1(C)O. The molecule has 5 rings (SSSR count). The summed E-state index contributed by atoms with van der Waals surface area (Å²) in [7, 11) is 5.23. The maximum Gasteiger partial charge on any atom is 0.311 e. The Morgan fingerprint density at radius 2 is 1.57 bits per heavy atom. The number of carbonyl (C=O) groups excluding carboxylic acids is 3. The number of carbonyl (C=O) groups is 3. The summed E-state index contributed by atoms with van der Waals surface area (Å²) in [6.07, 6.45) is -7.65. The van der Waals surface area contributed by atoms with Crippen molar-refractivity contribution in [1.82, 2.24) is 15.2 Å². The summed E-state index contributed by atoms with van der Waals surface area (Å²) < 4.78 is 38.2. The summed E-state index contributed by atoms with van der Waals surface area (Å²) in [4.78, 5) is 44.6. The van der Waals surface area contributed by atoms with Crippen LogP contribution < -0.4 is 10.4 Å². The van der Waals surface area contributed by atoms with Crippen LogP contribution in [0.3, 0.4) is 0 Å². The third-order valence-corrected chi connectivity index (χ3v) is 15.7. The molecular formula is C51H86N4O14. The number of methoxy groups -OCH3 is 1. The van der Waals surface area contributed by atoms with Crippen molar-refractivity contribution in [3.05, 3.63) is 29.8 Å². The van der Waals surface area contributed by atoms with E-state index in [2.05, 4.69) is 5.43 Å². The van der Waals surface area contributed by atoms with E-state index in [1.54, 1.807) is 60.6 Å². The zero-order chi connectivity index (χ0) is 51.5. The second-order valence-electron chi connectivity index (χ2n) is 21.7. The molecule has 394 valence electrons. The first-order valence-electron chi connectivity index (χ1n) is 25.1. The van der Waals surface area contributed by atoms with Gasteiger partial charge in [0.15, 0.2) is 12.6 Å². The van der Waals surface area contributed by atoms with Gasteiger partial charge in [-0.1, -0.05) is 44.9 Å². The number of nitrogens with one attached hydrogen (secondary N) is 1. The summed E-state index contributed by atoms with van der Waals surface area (Å²) >= 11 is 0. The number of rotatable bonds is 13. The van der Waals surface area contributed by atoms with E-state index in [0.717, 1.165) is 5.56 Å². The lowest BCUT2D eigenvalue weighted by molar-refractivity contribution is -0.318. The van der Waals surface area contributed by atoms with Gasteiger partial charge in [0, 0.05) is 38.1 Å². The van der Waals surface area contributed by atoms with Gasteiger partial charge in [-0.05, 0) is 126 Å². The van der Waals surface area contributed by atoms with Gasteiger partial charge in [0.25, 0.3) is 11.8 Å². The molecule has 0 radical (unpaired) electrons. The molecule has 6 N–H and O–H groups in total. The Labute approximate surface area is 410 Å². The van der Waals surface area contributed by atoms with Gasteiger partial charge in [0.1, 0.15) is 35.9 Å². The third kappa shape index (κ3) is 13.0.